The molecular formula is C28H42N2O. The summed E-state index contributed by atoms with van der Waals surface area (Å²) in [4.78, 5) is 0. The lowest BCUT2D eigenvalue weighted by atomic mass is 9.82. The number of nitrogens with one attached hydrogen (secondary N) is 2. The van der Waals surface area contributed by atoms with Gasteiger partial charge in [0, 0.05) is 23.5 Å². The van der Waals surface area contributed by atoms with Crippen LogP contribution in [0.4, 0.5) is 5.69 Å². The number of ether oxygens (including phenoxy) is 1. The quantitative estimate of drug-likeness (QED) is 0.439. The Balaban J connectivity index is 0.000000323. The lowest BCUT2D eigenvalue weighted by Gasteiger charge is -2.31. The third kappa shape index (κ3) is 8.06. The van der Waals surface area contributed by atoms with Crippen LogP contribution in [0.2, 0.25) is 0 Å². The Hall–Kier alpha value is -2.26. The predicted octanol–water partition coefficient (Wildman–Crippen LogP) is 7.51. The number of rotatable bonds is 9. The SMILES string of the molecule is C=C(C)Nc1cccc(O[C@H]2c3ccccc3CCC2C)c1.CCCCC(CC)NC. The molecule has 0 amide bonds. The van der Waals surface area contributed by atoms with E-state index in [1.165, 1.54) is 43.2 Å². The van der Waals surface area contributed by atoms with Crippen molar-refractivity contribution in [2.75, 3.05) is 12.4 Å². The highest BCUT2D eigenvalue weighted by Gasteiger charge is 2.27. The molecule has 0 spiro atoms. The van der Waals surface area contributed by atoms with Gasteiger partial charge in [-0.25, -0.2) is 0 Å². The minimum Gasteiger partial charge on any atom is -0.485 e. The molecule has 0 saturated heterocycles. The highest BCUT2D eigenvalue weighted by molar-refractivity contribution is 5.51. The zero-order valence-corrected chi connectivity index (χ0v) is 20.2. The molecule has 1 aliphatic rings. The van der Waals surface area contributed by atoms with Crippen molar-refractivity contribution in [3.8, 4) is 5.75 Å². The first-order chi connectivity index (χ1) is 15.0. The summed E-state index contributed by atoms with van der Waals surface area (Å²) in [5, 5.41) is 6.52. The molecule has 0 heterocycles. The van der Waals surface area contributed by atoms with E-state index < -0.39 is 0 Å². The van der Waals surface area contributed by atoms with Gasteiger partial charge in [-0.05, 0) is 68.8 Å². The van der Waals surface area contributed by atoms with Crippen molar-refractivity contribution in [3.05, 3.63) is 71.9 Å². The van der Waals surface area contributed by atoms with Gasteiger partial charge in [0.15, 0.2) is 0 Å². The van der Waals surface area contributed by atoms with Gasteiger partial charge in [0.05, 0.1) is 0 Å². The van der Waals surface area contributed by atoms with Crippen molar-refractivity contribution in [3.63, 3.8) is 0 Å². The Bertz CT molecular complexity index is 797. The number of fused-ring (bicyclic) bond motifs is 1. The van der Waals surface area contributed by atoms with E-state index in [-0.39, 0.29) is 6.10 Å². The van der Waals surface area contributed by atoms with Crippen molar-refractivity contribution in [1.29, 1.82) is 0 Å². The van der Waals surface area contributed by atoms with Gasteiger partial charge in [-0.1, -0.05) is 70.5 Å². The van der Waals surface area contributed by atoms with Gasteiger partial charge < -0.3 is 15.4 Å². The van der Waals surface area contributed by atoms with Gasteiger partial charge >= 0.3 is 0 Å². The van der Waals surface area contributed by atoms with Crippen molar-refractivity contribution < 1.29 is 4.74 Å². The number of anilines is 1. The van der Waals surface area contributed by atoms with Gasteiger partial charge in [-0.15, -0.1) is 0 Å². The minimum absolute atomic E-state index is 0.130. The number of hydrogen-bond donors (Lipinski definition) is 2. The van der Waals surface area contributed by atoms with Crippen LogP contribution in [0.25, 0.3) is 0 Å². The van der Waals surface area contributed by atoms with Crippen LogP contribution in [0.5, 0.6) is 5.75 Å². The number of aryl methyl sites for hydroxylation is 1. The topological polar surface area (TPSA) is 33.3 Å². The Labute approximate surface area is 190 Å². The van der Waals surface area contributed by atoms with E-state index in [1.807, 2.05) is 38.2 Å². The first-order valence-electron chi connectivity index (χ1n) is 11.9. The number of allylic oxidation sites excluding steroid dienone is 1. The van der Waals surface area contributed by atoms with Crippen LogP contribution in [0.15, 0.2) is 60.8 Å². The maximum Gasteiger partial charge on any atom is 0.127 e. The normalized spacial score (nSPS) is 18.2. The summed E-state index contributed by atoms with van der Waals surface area (Å²) < 4.78 is 6.35. The molecule has 170 valence electrons. The summed E-state index contributed by atoms with van der Waals surface area (Å²) in [6.45, 7) is 12.6. The van der Waals surface area contributed by atoms with E-state index >= 15 is 0 Å². The third-order valence-corrected chi connectivity index (χ3v) is 6.01. The zero-order valence-electron chi connectivity index (χ0n) is 20.2. The number of benzene rings is 2. The van der Waals surface area contributed by atoms with Crippen LogP contribution in [-0.4, -0.2) is 13.1 Å². The molecule has 1 aliphatic carbocycles. The van der Waals surface area contributed by atoms with E-state index in [2.05, 4.69) is 62.2 Å². The summed E-state index contributed by atoms with van der Waals surface area (Å²) in [6, 6.07) is 17.5. The molecule has 2 aromatic carbocycles. The van der Waals surface area contributed by atoms with Crippen LogP contribution in [0, 0.1) is 5.92 Å². The maximum absolute atomic E-state index is 6.35. The second kappa shape index (κ2) is 13.2. The smallest absolute Gasteiger partial charge is 0.127 e. The fraction of sp³-hybridized carbons (Fsp3) is 0.500. The van der Waals surface area contributed by atoms with Crippen LogP contribution in [0.1, 0.15) is 77.0 Å². The fourth-order valence-electron chi connectivity index (χ4n) is 4.10. The van der Waals surface area contributed by atoms with Gasteiger partial charge in [0.25, 0.3) is 0 Å². The van der Waals surface area contributed by atoms with Crippen LogP contribution in [0.3, 0.4) is 0 Å². The van der Waals surface area contributed by atoms with Crippen LogP contribution in [-0.2, 0) is 6.42 Å². The average Bonchev–Trinajstić information content (AvgIpc) is 2.77. The first-order valence-corrected chi connectivity index (χ1v) is 11.9. The molecule has 3 rings (SSSR count). The predicted molar refractivity (Wildman–Crippen MR) is 135 cm³/mol. The van der Waals surface area contributed by atoms with Crippen molar-refractivity contribution in [2.45, 2.75) is 78.4 Å². The average molecular weight is 423 g/mol. The lowest BCUT2D eigenvalue weighted by Crippen LogP contribution is -2.23. The monoisotopic (exact) mass is 422 g/mol. The molecule has 2 unspecified atom stereocenters. The van der Waals surface area contributed by atoms with E-state index in [9.17, 15) is 0 Å². The Kier molecular flexibility index (Phi) is 10.7. The molecule has 3 heteroatoms. The molecule has 3 atom stereocenters. The van der Waals surface area contributed by atoms with Crippen LogP contribution < -0.4 is 15.4 Å². The zero-order chi connectivity index (χ0) is 22.6. The summed E-state index contributed by atoms with van der Waals surface area (Å²) in [5.74, 6) is 1.42. The van der Waals surface area contributed by atoms with Gasteiger partial charge in [0.2, 0.25) is 0 Å². The Morgan fingerprint density at radius 3 is 2.61 bits per heavy atom. The minimum atomic E-state index is 0.130. The van der Waals surface area contributed by atoms with Crippen molar-refractivity contribution >= 4 is 5.69 Å². The highest BCUT2D eigenvalue weighted by atomic mass is 16.5. The summed E-state index contributed by atoms with van der Waals surface area (Å²) in [7, 11) is 2.05. The molecule has 3 nitrogen and oxygen atoms in total. The number of hydrogen-bond acceptors (Lipinski definition) is 3. The molecule has 2 aromatic rings. The first kappa shape index (κ1) is 25.0. The summed E-state index contributed by atoms with van der Waals surface area (Å²) in [6.07, 6.45) is 7.72. The second-order valence-electron chi connectivity index (χ2n) is 8.72. The molecule has 0 aliphatic heterocycles. The van der Waals surface area contributed by atoms with Gasteiger partial charge in [0.1, 0.15) is 11.9 Å². The molecule has 0 bridgehead atoms. The third-order valence-electron chi connectivity index (χ3n) is 6.01. The molecule has 0 aromatic heterocycles. The maximum atomic E-state index is 6.35. The fourth-order valence-corrected chi connectivity index (χ4v) is 4.10. The number of unbranched alkanes of at least 4 members (excludes halogenated alkanes) is 1. The van der Waals surface area contributed by atoms with E-state index in [0.717, 1.165) is 29.6 Å². The molecule has 0 radical (unpaired) electrons. The molecule has 0 fully saturated rings. The molecule has 31 heavy (non-hydrogen) atoms. The van der Waals surface area contributed by atoms with E-state index in [4.69, 9.17) is 4.74 Å². The standard InChI is InChI=1S/C20H23NO.C8H19N/c1-14(2)21-17-8-6-9-18(13-17)22-20-15(3)11-12-16-7-4-5-10-19(16)20;1-4-6-7-8(5-2)9-3/h4-10,13,15,20-21H,1,11-12H2,2-3H3;8-9H,4-7H2,1-3H3/t15?,20-;/m1./s1. The molecule has 2 N–H and O–H groups in total. The van der Waals surface area contributed by atoms with Gasteiger partial charge in [-0.2, -0.15) is 0 Å². The lowest BCUT2D eigenvalue weighted by molar-refractivity contribution is 0.129. The molecular weight excluding hydrogens is 380 g/mol. The summed E-state index contributed by atoms with van der Waals surface area (Å²) in [5.41, 5.74) is 4.69. The van der Waals surface area contributed by atoms with E-state index in [0.29, 0.717) is 5.92 Å². The Morgan fingerprint density at radius 1 is 1.16 bits per heavy atom. The largest absolute Gasteiger partial charge is 0.485 e. The Morgan fingerprint density at radius 2 is 1.94 bits per heavy atom. The van der Waals surface area contributed by atoms with Crippen LogP contribution >= 0.6 is 0 Å². The van der Waals surface area contributed by atoms with Gasteiger partial charge in [-0.3, -0.25) is 0 Å². The highest BCUT2D eigenvalue weighted by Crippen LogP contribution is 2.38. The van der Waals surface area contributed by atoms with E-state index in [1.54, 1.807) is 0 Å². The summed E-state index contributed by atoms with van der Waals surface area (Å²) >= 11 is 0. The second-order valence-corrected chi connectivity index (χ2v) is 8.72. The molecule has 0 saturated carbocycles. The van der Waals surface area contributed by atoms with Crippen molar-refractivity contribution in [1.82, 2.24) is 5.32 Å². The van der Waals surface area contributed by atoms with Crippen molar-refractivity contribution in [2.24, 2.45) is 5.92 Å².